The number of carbonyl (C=O) groups is 2. The number of rotatable bonds is 6. The highest BCUT2D eigenvalue weighted by Crippen LogP contribution is 2.10. The molecular weight excluding hydrogens is 274 g/mol. The lowest BCUT2D eigenvalue weighted by Crippen LogP contribution is -2.29. The molecule has 2 rings (SSSR count). The van der Waals surface area contributed by atoms with Crippen molar-refractivity contribution >= 4 is 29.2 Å². The van der Waals surface area contributed by atoms with Crippen LogP contribution in [0.4, 0.5) is 0 Å². The van der Waals surface area contributed by atoms with Crippen molar-refractivity contribution < 1.29 is 9.59 Å². The van der Waals surface area contributed by atoms with Gasteiger partial charge in [0.15, 0.2) is 0 Å². The van der Waals surface area contributed by atoms with E-state index in [1.54, 1.807) is 17.4 Å². The molecule has 1 aromatic rings. The van der Waals surface area contributed by atoms with Gasteiger partial charge in [-0.25, -0.2) is 4.98 Å². The van der Waals surface area contributed by atoms with Gasteiger partial charge in [-0.1, -0.05) is 0 Å². The van der Waals surface area contributed by atoms with Crippen LogP contribution in [0.15, 0.2) is 11.5 Å². The first-order valence-corrected chi connectivity index (χ1v) is 7.69. The van der Waals surface area contributed by atoms with E-state index in [2.05, 4.69) is 10.3 Å². The first-order valence-electron chi connectivity index (χ1n) is 6.81. The summed E-state index contributed by atoms with van der Waals surface area (Å²) in [5, 5.41) is 5.71. The van der Waals surface area contributed by atoms with Crippen LogP contribution in [0.3, 0.4) is 0 Å². The third-order valence-corrected chi connectivity index (χ3v) is 3.91. The van der Waals surface area contributed by atoms with Crippen LogP contribution in [0.2, 0.25) is 0 Å². The number of amides is 2. The minimum absolute atomic E-state index is 0.122. The number of aromatic nitrogens is 1. The van der Waals surface area contributed by atoms with Crippen LogP contribution in [0.1, 0.15) is 30.0 Å². The molecule has 6 heteroatoms. The summed E-state index contributed by atoms with van der Waals surface area (Å²) >= 11 is 1.56. The fourth-order valence-corrected chi connectivity index (χ4v) is 2.68. The fraction of sp³-hybridized carbons (Fsp3) is 0.500. The predicted octanol–water partition coefficient (Wildman–Crippen LogP) is 1.59. The Morgan fingerprint density at radius 1 is 1.60 bits per heavy atom. The summed E-state index contributed by atoms with van der Waals surface area (Å²) in [5.74, 6) is 0.110. The Labute approximate surface area is 122 Å². The summed E-state index contributed by atoms with van der Waals surface area (Å²) in [4.78, 5) is 29.1. The van der Waals surface area contributed by atoms with Crippen molar-refractivity contribution in [3.05, 3.63) is 22.2 Å². The third kappa shape index (κ3) is 4.45. The molecule has 20 heavy (non-hydrogen) atoms. The predicted molar refractivity (Wildman–Crippen MR) is 79.3 cm³/mol. The van der Waals surface area contributed by atoms with Gasteiger partial charge in [-0.05, 0) is 25.8 Å². The Morgan fingerprint density at radius 3 is 3.10 bits per heavy atom. The smallest absolute Gasteiger partial charge is 0.244 e. The molecule has 0 unspecified atom stereocenters. The number of thiazole rings is 1. The van der Waals surface area contributed by atoms with E-state index in [1.165, 1.54) is 6.08 Å². The van der Waals surface area contributed by atoms with Crippen LogP contribution in [-0.2, 0) is 9.59 Å². The molecule has 0 radical (unpaired) electrons. The van der Waals surface area contributed by atoms with Gasteiger partial charge in [0.05, 0.1) is 10.7 Å². The normalized spacial score (nSPS) is 15.2. The van der Waals surface area contributed by atoms with Gasteiger partial charge < -0.3 is 10.2 Å². The standard InChI is InChI=1S/C14H19N3O2S/c1-11-16-12(10-20-11)5-6-13(18)15-7-3-9-17-8-2-4-14(17)19/h5-6,10H,2-4,7-9H2,1H3,(H,15,18)/b6-5+. The van der Waals surface area contributed by atoms with Crippen molar-refractivity contribution in [3.8, 4) is 0 Å². The highest BCUT2D eigenvalue weighted by Gasteiger charge is 2.18. The number of carbonyl (C=O) groups excluding carboxylic acids is 2. The number of hydrogen-bond acceptors (Lipinski definition) is 4. The second kappa shape index (κ2) is 7.19. The summed E-state index contributed by atoms with van der Waals surface area (Å²) in [5.41, 5.74) is 0.810. The van der Waals surface area contributed by atoms with Gasteiger partial charge in [0.1, 0.15) is 0 Å². The average Bonchev–Trinajstić information content (AvgIpc) is 3.01. The second-order valence-electron chi connectivity index (χ2n) is 4.75. The summed E-state index contributed by atoms with van der Waals surface area (Å²) < 4.78 is 0. The van der Waals surface area contributed by atoms with Crippen molar-refractivity contribution in [2.45, 2.75) is 26.2 Å². The van der Waals surface area contributed by atoms with E-state index >= 15 is 0 Å². The number of aryl methyl sites for hydroxylation is 1. The van der Waals surface area contributed by atoms with E-state index in [1.807, 2.05) is 17.2 Å². The highest BCUT2D eigenvalue weighted by molar-refractivity contribution is 7.09. The molecule has 108 valence electrons. The molecular formula is C14H19N3O2S. The van der Waals surface area contributed by atoms with Crippen LogP contribution >= 0.6 is 11.3 Å². The van der Waals surface area contributed by atoms with Crippen LogP contribution in [0.25, 0.3) is 6.08 Å². The molecule has 0 bridgehead atoms. The van der Waals surface area contributed by atoms with Crippen LogP contribution in [0.5, 0.6) is 0 Å². The maximum absolute atomic E-state index is 11.6. The zero-order chi connectivity index (χ0) is 14.4. The lowest BCUT2D eigenvalue weighted by atomic mass is 10.3. The molecule has 0 spiro atoms. The van der Waals surface area contributed by atoms with Gasteiger partial charge in [-0.3, -0.25) is 9.59 Å². The Bertz CT molecular complexity index is 510. The molecule has 1 aromatic heterocycles. The monoisotopic (exact) mass is 293 g/mol. The summed E-state index contributed by atoms with van der Waals surface area (Å²) in [7, 11) is 0. The van der Waals surface area contributed by atoms with Crippen LogP contribution < -0.4 is 5.32 Å². The molecule has 2 heterocycles. The summed E-state index contributed by atoms with van der Waals surface area (Å²) in [6.07, 6.45) is 5.63. The van der Waals surface area contributed by atoms with Gasteiger partial charge in [0, 0.05) is 37.5 Å². The van der Waals surface area contributed by atoms with E-state index in [0.29, 0.717) is 13.0 Å². The van der Waals surface area contributed by atoms with E-state index < -0.39 is 0 Å². The molecule has 1 aliphatic heterocycles. The van der Waals surface area contributed by atoms with Crippen molar-refractivity contribution in [1.29, 1.82) is 0 Å². The van der Waals surface area contributed by atoms with Crippen molar-refractivity contribution in [2.24, 2.45) is 0 Å². The lowest BCUT2D eigenvalue weighted by molar-refractivity contribution is -0.127. The SMILES string of the molecule is Cc1nc(/C=C/C(=O)NCCCN2CCCC2=O)cs1. The molecule has 1 aliphatic rings. The minimum Gasteiger partial charge on any atom is -0.352 e. The van der Waals surface area contributed by atoms with Gasteiger partial charge in [0.25, 0.3) is 0 Å². The van der Waals surface area contributed by atoms with Crippen molar-refractivity contribution in [1.82, 2.24) is 15.2 Å². The Hall–Kier alpha value is -1.69. The Kier molecular flexibility index (Phi) is 5.29. The quantitative estimate of drug-likeness (QED) is 0.640. The average molecular weight is 293 g/mol. The number of nitrogens with one attached hydrogen (secondary N) is 1. The maximum Gasteiger partial charge on any atom is 0.244 e. The molecule has 0 aromatic carbocycles. The van der Waals surface area contributed by atoms with Gasteiger partial charge in [0.2, 0.25) is 11.8 Å². The zero-order valence-electron chi connectivity index (χ0n) is 11.6. The highest BCUT2D eigenvalue weighted by atomic mass is 32.1. The minimum atomic E-state index is -0.122. The van der Waals surface area contributed by atoms with E-state index in [0.717, 1.165) is 36.6 Å². The summed E-state index contributed by atoms with van der Waals surface area (Å²) in [6, 6.07) is 0. The summed E-state index contributed by atoms with van der Waals surface area (Å²) in [6.45, 7) is 4.11. The molecule has 0 atom stereocenters. The van der Waals surface area contributed by atoms with Crippen molar-refractivity contribution in [3.63, 3.8) is 0 Å². The molecule has 0 aliphatic carbocycles. The first kappa shape index (κ1) is 14.7. The Morgan fingerprint density at radius 2 is 2.45 bits per heavy atom. The lowest BCUT2D eigenvalue weighted by Gasteiger charge is -2.14. The molecule has 1 fully saturated rings. The van der Waals surface area contributed by atoms with Gasteiger partial charge in [-0.15, -0.1) is 11.3 Å². The zero-order valence-corrected chi connectivity index (χ0v) is 12.4. The van der Waals surface area contributed by atoms with Crippen LogP contribution in [0, 0.1) is 6.92 Å². The van der Waals surface area contributed by atoms with E-state index in [9.17, 15) is 9.59 Å². The fourth-order valence-electron chi connectivity index (χ4n) is 2.10. The largest absolute Gasteiger partial charge is 0.352 e. The maximum atomic E-state index is 11.6. The number of hydrogen-bond donors (Lipinski definition) is 1. The van der Waals surface area contributed by atoms with Crippen molar-refractivity contribution in [2.75, 3.05) is 19.6 Å². The third-order valence-electron chi connectivity index (χ3n) is 3.12. The number of likely N-dealkylation sites (tertiary alicyclic amines) is 1. The molecule has 2 amide bonds. The molecule has 1 N–H and O–H groups in total. The van der Waals surface area contributed by atoms with Crippen LogP contribution in [-0.4, -0.2) is 41.3 Å². The van der Waals surface area contributed by atoms with Gasteiger partial charge in [-0.2, -0.15) is 0 Å². The second-order valence-corrected chi connectivity index (χ2v) is 5.82. The molecule has 0 saturated carbocycles. The topological polar surface area (TPSA) is 62.3 Å². The van der Waals surface area contributed by atoms with E-state index in [-0.39, 0.29) is 11.8 Å². The van der Waals surface area contributed by atoms with Gasteiger partial charge >= 0.3 is 0 Å². The first-order chi connectivity index (χ1) is 9.65. The Balaban J connectivity index is 1.62. The molecule has 1 saturated heterocycles. The van der Waals surface area contributed by atoms with E-state index in [4.69, 9.17) is 0 Å². The molecule has 5 nitrogen and oxygen atoms in total. The number of nitrogens with zero attached hydrogens (tertiary/aromatic N) is 2.